The summed E-state index contributed by atoms with van der Waals surface area (Å²) in [5, 5.41) is 26.0. The van der Waals surface area contributed by atoms with Crippen molar-refractivity contribution in [3.05, 3.63) is 71.1 Å². The predicted octanol–water partition coefficient (Wildman–Crippen LogP) is 5.46. The van der Waals surface area contributed by atoms with E-state index >= 15 is 0 Å². The molecule has 0 spiro atoms. The minimum Gasteiger partial charge on any atom is -0.490 e. The second-order valence-corrected chi connectivity index (χ2v) is 10.7. The number of likely N-dealkylation sites (tertiary alicyclic amines) is 1. The van der Waals surface area contributed by atoms with E-state index in [1.807, 2.05) is 55.7 Å². The van der Waals surface area contributed by atoms with E-state index in [2.05, 4.69) is 28.3 Å². The van der Waals surface area contributed by atoms with Crippen LogP contribution >= 0.6 is 11.6 Å². The van der Waals surface area contributed by atoms with Crippen molar-refractivity contribution in [1.82, 2.24) is 14.5 Å². The number of pyridine rings is 1. The van der Waals surface area contributed by atoms with Gasteiger partial charge in [-0.05, 0) is 56.7 Å². The number of aryl methyl sites for hydroxylation is 1. The molecular weight excluding hydrogens is 474 g/mol. The van der Waals surface area contributed by atoms with Crippen molar-refractivity contribution in [2.75, 3.05) is 26.2 Å². The average Bonchev–Trinajstić information content (AvgIpc) is 3.33. The van der Waals surface area contributed by atoms with Gasteiger partial charge in [0.1, 0.15) is 18.5 Å². The molecule has 36 heavy (non-hydrogen) atoms. The average molecular weight is 508 g/mol. The van der Waals surface area contributed by atoms with Gasteiger partial charge >= 0.3 is 0 Å². The molecule has 1 unspecified atom stereocenters. The van der Waals surface area contributed by atoms with Crippen LogP contribution in [0.15, 0.2) is 55.0 Å². The number of piperidine rings is 1. The van der Waals surface area contributed by atoms with E-state index in [1.165, 1.54) is 0 Å². The predicted molar refractivity (Wildman–Crippen MR) is 145 cm³/mol. The third kappa shape index (κ3) is 4.71. The fraction of sp³-hybridized carbons (Fsp3) is 0.414. The number of hydrogen-bond acceptors (Lipinski definition) is 5. The fourth-order valence-electron chi connectivity index (χ4n) is 5.35. The van der Waals surface area contributed by atoms with E-state index in [0.717, 1.165) is 43.6 Å². The Balaban J connectivity index is 1.22. The number of benzene rings is 2. The fourth-order valence-corrected chi connectivity index (χ4v) is 5.60. The molecule has 0 saturated carbocycles. The van der Waals surface area contributed by atoms with E-state index in [-0.39, 0.29) is 12.6 Å². The molecule has 4 aromatic rings. The van der Waals surface area contributed by atoms with Gasteiger partial charge in [0.2, 0.25) is 0 Å². The highest BCUT2D eigenvalue weighted by molar-refractivity contribution is 6.36. The van der Waals surface area contributed by atoms with E-state index in [1.54, 1.807) is 6.20 Å². The third-order valence-electron chi connectivity index (χ3n) is 7.39. The van der Waals surface area contributed by atoms with Crippen LogP contribution in [-0.2, 0) is 5.60 Å². The Morgan fingerprint density at radius 3 is 2.61 bits per heavy atom. The quantitative estimate of drug-likeness (QED) is 0.348. The first kappa shape index (κ1) is 25.0. The van der Waals surface area contributed by atoms with Crippen molar-refractivity contribution >= 4 is 33.3 Å². The molecule has 2 N–H and O–H groups in total. The first-order valence-corrected chi connectivity index (χ1v) is 13.0. The first-order valence-electron chi connectivity index (χ1n) is 12.7. The molecular formula is C29H34ClN3O3. The number of β-amino-alcohol motifs (C(OH)–C–C–N with tert-alkyl or cyclic N) is 1. The van der Waals surface area contributed by atoms with Crippen molar-refractivity contribution < 1.29 is 14.9 Å². The van der Waals surface area contributed by atoms with Gasteiger partial charge in [-0.1, -0.05) is 35.9 Å². The number of halogens is 1. The van der Waals surface area contributed by atoms with Crippen LogP contribution in [0.4, 0.5) is 0 Å². The molecule has 2 aromatic heterocycles. The summed E-state index contributed by atoms with van der Waals surface area (Å²) in [7, 11) is 0. The van der Waals surface area contributed by atoms with Crippen LogP contribution < -0.4 is 4.74 Å². The molecule has 2 aromatic carbocycles. The van der Waals surface area contributed by atoms with Gasteiger partial charge in [-0.25, -0.2) is 0 Å². The lowest BCUT2D eigenvalue weighted by Gasteiger charge is -2.39. The lowest BCUT2D eigenvalue weighted by atomic mass is 9.83. The Morgan fingerprint density at radius 2 is 1.86 bits per heavy atom. The second-order valence-electron chi connectivity index (χ2n) is 10.3. The summed E-state index contributed by atoms with van der Waals surface area (Å²) in [5.74, 6) is 0.738. The highest BCUT2D eigenvalue weighted by atomic mass is 35.5. The van der Waals surface area contributed by atoms with Gasteiger partial charge in [-0.3, -0.25) is 4.98 Å². The van der Waals surface area contributed by atoms with Gasteiger partial charge in [-0.15, -0.1) is 0 Å². The maximum atomic E-state index is 11.5. The summed E-state index contributed by atoms with van der Waals surface area (Å²) in [4.78, 5) is 6.55. The molecule has 0 bridgehead atoms. The molecule has 5 rings (SSSR count). The normalized spacial score (nSPS) is 17.2. The van der Waals surface area contributed by atoms with Crippen LogP contribution in [0, 0.1) is 6.92 Å². The Kier molecular flexibility index (Phi) is 6.97. The molecule has 0 radical (unpaired) electrons. The number of nitrogens with zero attached hydrogens (tertiary/aromatic N) is 3. The van der Waals surface area contributed by atoms with Gasteiger partial charge in [0, 0.05) is 60.6 Å². The van der Waals surface area contributed by atoms with Crippen molar-refractivity contribution in [3.63, 3.8) is 0 Å². The number of ether oxygens (including phenoxy) is 1. The first-order chi connectivity index (χ1) is 17.3. The molecule has 7 heteroatoms. The lowest BCUT2D eigenvalue weighted by molar-refractivity contribution is -0.0364. The Morgan fingerprint density at radius 1 is 1.11 bits per heavy atom. The highest BCUT2D eigenvalue weighted by Crippen LogP contribution is 2.38. The number of aliphatic hydroxyl groups is 2. The van der Waals surface area contributed by atoms with Gasteiger partial charge in [0.25, 0.3) is 0 Å². The number of aliphatic hydroxyl groups excluding tert-OH is 1. The molecule has 1 aliphatic rings. The zero-order chi connectivity index (χ0) is 25.4. The van der Waals surface area contributed by atoms with Gasteiger partial charge < -0.3 is 24.4 Å². The molecule has 1 atom stereocenters. The SMILES string of the molecule is Cc1cc(OCC(O)CN2CCC(O)(c3cncc4ccccc34)CC2)c2ccn(C(C)C)c2c1Cl. The van der Waals surface area contributed by atoms with E-state index in [9.17, 15) is 10.2 Å². The van der Waals surface area contributed by atoms with Gasteiger partial charge in [0.15, 0.2) is 0 Å². The highest BCUT2D eigenvalue weighted by Gasteiger charge is 2.36. The molecule has 1 aliphatic heterocycles. The maximum Gasteiger partial charge on any atom is 0.129 e. The topological polar surface area (TPSA) is 70.8 Å². The van der Waals surface area contributed by atoms with Crippen molar-refractivity contribution in [1.29, 1.82) is 0 Å². The van der Waals surface area contributed by atoms with Crippen molar-refractivity contribution in [3.8, 4) is 5.75 Å². The Labute approximate surface area is 217 Å². The summed E-state index contributed by atoms with van der Waals surface area (Å²) in [6, 6.07) is 12.3. The van der Waals surface area contributed by atoms with Crippen molar-refractivity contribution in [2.24, 2.45) is 0 Å². The van der Waals surface area contributed by atoms with Crippen LogP contribution in [0.3, 0.4) is 0 Å². The van der Waals surface area contributed by atoms with Crippen molar-refractivity contribution in [2.45, 2.75) is 51.4 Å². The summed E-state index contributed by atoms with van der Waals surface area (Å²) >= 11 is 6.62. The number of aromatic nitrogens is 2. The Bertz CT molecular complexity index is 1370. The molecule has 0 amide bonds. The van der Waals surface area contributed by atoms with Crippen LogP contribution in [-0.4, -0.2) is 57.0 Å². The van der Waals surface area contributed by atoms with Crippen LogP contribution in [0.1, 0.15) is 43.9 Å². The smallest absolute Gasteiger partial charge is 0.129 e. The number of fused-ring (bicyclic) bond motifs is 2. The summed E-state index contributed by atoms with van der Waals surface area (Å²) in [6.45, 7) is 8.29. The molecule has 0 aliphatic carbocycles. The van der Waals surface area contributed by atoms with Crippen LogP contribution in [0.2, 0.25) is 5.02 Å². The van der Waals surface area contributed by atoms with Crippen LogP contribution in [0.25, 0.3) is 21.7 Å². The largest absolute Gasteiger partial charge is 0.490 e. The summed E-state index contributed by atoms with van der Waals surface area (Å²) < 4.78 is 8.25. The zero-order valence-corrected chi connectivity index (χ0v) is 21.9. The van der Waals surface area contributed by atoms with E-state index < -0.39 is 11.7 Å². The lowest BCUT2D eigenvalue weighted by Crippen LogP contribution is -2.46. The summed E-state index contributed by atoms with van der Waals surface area (Å²) in [6.07, 6.45) is 6.20. The van der Waals surface area contributed by atoms with E-state index in [4.69, 9.17) is 16.3 Å². The molecule has 3 heterocycles. The molecule has 6 nitrogen and oxygen atoms in total. The van der Waals surface area contributed by atoms with E-state index in [0.29, 0.717) is 32.5 Å². The third-order valence-corrected chi connectivity index (χ3v) is 7.87. The second kappa shape index (κ2) is 10.0. The van der Waals surface area contributed by atoms with Gasteiger partial charge in [0.05, 0.1) is 16.1 Å². The standard InChI is InChI=1S/C29H34ClN3O3/c1-19(2)33-11-8-24-26(14-20(3)27(30)28(24)33)36-18-22(34)17-32-12-9-29(35,10-13-32)25-16-31-15-21-6-4-5-7-23(21)25/h4-8,11,14-16,19,22,34-35H,9-10,12-13,17-18H2,1-3H3. The van der Waals surface area contributed by atoms with Gasteiger partial charge in [-0.2, -0.15) is 0 Å². The minimum absolute atomic E-state index is 0.192. The number of rotatable bonds is 7. The molecule has 1 fully saturated rings. The summed E-state index contributed by atoms with van der Waals surface area (Å²) in [5.41, 5.74) is 1.89. The molecule has 190 valence electrons. The minimum atomic E-state index is -0.915. The zero-order valence-electron chi connectivity index (χ0n) is 21.1. The monoisotopic (exact) mass is 507 g/mol. The molecule has 1 saturated heterocycles. The number of hydrogen-bond donors (Lipinski definition) is 2. The Hall–Kier alpha value is -2.64. The maximum absolute atomic E-state index is 11.5. The van der Waals surface area contributed by atoms with Crippen LogP contribution in [0.5, 0.6) is 5.75 Å².